The van der Waals surface area contributed by atoms with Gasteiger partial charge in [0.05, 0.1) is 11.4 Å². The van der Waals surface area contributed by atoms with Crippen molar-refractivity contribution >= 4 is 11.9 Å². The van der Waals surface area contributed by atoms with Crippen LogP contribution < -0.4 is 0 Å². The molecule has 0 spiro atoms. The third-order valence-electron chi connectivity index (χ3n) is 1.04. The van der Waals surface area contributed by atoms with E-state index < -0.39 is 0 Å². The van der Waals surface area contributed by atoms with Crippen LogP contribution in [-0.4, -0.2) is 11.9 Å². The molecule has 2 nitrogen and oxygen atoms in total. The van der Waals surface area contributed by atoms with Crippen LogP contribution in [0.25, 0.3) is 0 Å². The number of allylic oxidation sites excluding steroid dienone is 2. The Balaban J connectivity index is 3.97. The second kappa shape index (κ2) is 4.68. The maximum absolute atomic E-state index is 7.27. The number of nitrogens with one attached hydrogen (secondary N) is 1. The second-order valence-corrected chi connectivity index (χ2v) is 1.79. The molecule has 2 heteroatoms. The summed E-state index contributed by atoms with van der Waals surface area (Å²) in [6.45, 7) is 8.95. The van der Waals surface area contributed by atoms with Gasteiger partial charge < -0.3 is 5.41 Å². The molecule has 0 amide bonds. The maximum Gasteiger partial charge on any atom is 0.0765 e. The summed E-state index contributed by atoms with van der Waals surface area (Å²) in [7, 11) is 0. The summed E-state index contributed by atoms with van der Waals surface area (Å²) in [5.41, 5.74) is 0.987. The van der Waals surface area contributed by atoms with E-state index in [2.05, 4.69) is 18.2 Å². The Bertz CT molecular complexity index is 178. The molecule has 54 valence electrons. The molecule has 0 aromatic heterocycles. The topological polar surface area (TPSA) is 36.2 Å². The molecule has 0 saturated heterocycles. The Kier molecular flexibility index (Phi) is 4.12. The highest BCUT2D eigenvalue weighted by Gasteiger charge is 1.93. The smallest absolute Gasteiger partial charge is 0.0765 e. The van der Waals surface area contributed by atoms with E-state index in [0.717, 1.165) is 0 Å². The van der Waals surface area contributed by atoms with Crippen LogP contribution in [0.1, 0.15) is 13.3 Å². The predicted octanol–water partition coefficient (Wildman–Crippen LogP) is 2.19. The summed E-state index contributed by atoms with van der Waals surface area (Å²) in [5.74, 6) is 0. The van der Waals surface area contributed by atoms with Crippen molar-refractivity contribution in [2.24, 2.45) is 4.99 Å². The van der Waals surface area contributed by atoms with Gasteiger partial charge in [0.15, 0.2) is 0 Å². The lowest BCUT2D eigenvalue weighted by Crippen LogP contribution is -1.94. The van der Waals surface area contributed by atoms with Crippen molar-refractivity contribution in [1.82, 2.24) is 0 Å². The lowest BCUT2D eigenvalue weighted by Gasteiger charge is -1.95. The molecule has 0 unspecified atom stereocenters. The fraction of sp³-hybridized carbons (Fsp3) is 0.250. The van der Waals surface area contributed by atoms with Crippen LogP contribution in [0.4, 0.5) is 0 Å². The number of hydrogen-bond donors (Lipinski definition) is 1. The fourth-order valence-electron chi connectivity index (χ4n) is 0.425. The first kappa shape index (κ1) is 8.82. The van der Waals surface area contributed by atoms with E-state index in [4.69, 9.17) is 5.41 Å². The van der Waals surface area contributed by atoms with Gasteiger partial charge in [0.25, 0.3) is 0 Å². The van der Waals surface area contributed by atoms with Gasteiger partial charge in [-0.05, 0) is 6.42 Å². The first-order chi connectivity index (χ1) is 4.72. The van der Waals surface area contributed by atoms with Crippen LogP contribution in [-0.2, 0) is 0 Å². The zero-order chi connectivity index (χ0) is 7.98. The van der Waals surface area contributed by atoms with Crippen LogP contribution >= 0.6 is 0 Å². The maximum atomic E-state index is 7.27. The van der Waals surface area contributed by atoms with Crippen molar-refractivity contribution in [2.75, 3.05) is 0 Å². The first-order valence-electron chi connectivity index (χ1n) is 3.14. The van der Waals surface area contributed by atoms with Crippen molar-refractivity contribution in [3.05, 3.63) is 24.9 Å². The summed E-state index contributed by atoms with van der Waals surface area (Å²) in [6, 6.07) is 0. The van der Waals surface area contributed by atoms with Crippen molar-refractivity contribution in [3.63, 3.8) is 0 Å². The van der Waals surface area contributed by atoms with E-state index in [-0.39, 0.29) is 0 Å². The molecule has 0 aliphatic rings. The van der Waals surface area contributed by atoms with Crippen LogP contribution in [0.5, 0.6) is 0 Å². The molecule has 0 aromatic rings. The molecule has 10 heavy (non-hydrogen) atoms. The fourth-order valence-corrected chi connectivity index (χ4v) is 0.425. The van der Waals surface area contributed by atoms with Crippen LogP contribution in [0.3, 0.4) is 0 Å². The summed E-state index contributed by atoms with van der Waals surface area (Å²) < 4.78 is 0. The molecule has 0 fully saturated rings. The first-order valence-corrected chi connectivity index (χ1v) is 3.14. The van der Waals surface area contributed by atoms with E-state index in [1.165, 1.54) is 6.21 Å². The van der Waals surface area contributed by atoms with E-state index in [9.17, 15) is 0 Å². The van der Waals surface area contributed by atoms with E-state index in [0.29, 0.717) is 17.8 Å². The number of rotatable bonds is 4. The highest BCUT2D eigenvalue weighted by atomic mass is 14.7. The highest BCUT2D eigenvalue weighted by Crippen LogP contribution is 1.97. The second-order valence-electron chi connectivity index (χ2n) is 1.79. The van der Waals surface area contributed by atoms with Gasteiger partial charge in [0, 0.05) is 6.21 Å². The minimum Gasteiger partial charge on any atom is -0.303 e. The van der Waals surface area contributed by atoms with E-state index >= 15 is 0 Å². The van der Waals surface area contributed by atoms with Gasteiger partial charge in [-0.2, -0.15) is 0 Å². The Labute approximate surface area is 61.5 Å². The van der Waals surface area contributed by atoms with Crippen molar-refractivity contribution in [1.29, 1.82) is 5.41 Å². The molecule has 0 heterocycles. The summed E-state index contributed by atoms with van der Waals surface area (Å²) >= 11 is 0. The monoisotopic (exact) mass is 136 g/mol. The molecule has 1 N–H and O–H groups in total. The largest absolute Gasteiger partial charge is 0.303 e. The Hall–Kier alpha value is -1.18. The number of aliphatic imine (C=N–C) groups is 1. The summed E-state index contributed by atoms with van der Waals surface area (Å²) in [4.78, 5) is 3.85. The molecule has 0 radical (unpaired) electrons. The highest BCUT2D eigenvalue weighted by molar-refractivity contribution is 5.98. The van der Waals surface area contributed by atoms with Gasteiger partial charge in [-0.3, -0.25) is 4.99 Å². The molecular formula is C8H12N2. The van der Waals surface area contributed by atoms with Gasteiger partial charge in [-0.25, -0.2) is 0 Å². The van der Waals surface area contributed by atoms with E-state index in [1.54, 1.807) is 6.08 Å². The van der Waals surface area contributed by atoms with Crippen molar-refractivity contribution in [2.45, 2.75) is 13.3 Å². The minimum atomic E-state index is 0.470. The third-order valence-corrected chi connectivity index (χ3v) is 1.04. The van der Waals surface area contributed by atoms with Crippen molar-refractivity contribution in [3.8, 4) is 0 Å². The third kappa shape index (κ3) is 2.97. The average Bonchev–Trinajstić information content (AvgIpc) is 1.98. The Morgan fingerprint density at radius 2 is 2.30 bits per heavy atom. The lowest BCUT2D eigenvalue weighted by molar-refractivity contribution is 1.22. The van der Waals surface area contributed by atoms with Crippen LogP contribution in [0, 0.1) is 5.41 Å². The minimum absolute atomic E-state index is 0.470. The van der Waals surface area contributed by atoms with Crippen LogP contribution in [0.2, 0.25) is 0 Å². The van der Waals surface area contributed by atoms with Gasteiger partial charge in [-0.15, -0.1) is 0 Å². The Morgan fingerprint density at radius 1 is 1.70 bits per heavy atom. The SMILES string of the molecule is C=CC=NC(=C)C(=N)CC. The molecular weight excluding hydrogens is 124 g/mol. The summed E-state index contributed by atoms with van der Waals surface area (Å²) in [6.07, 6.45) is 3.77. The summed E-state index contributed by atoms with van der Waals surface area (Å²) in [5, 5.41) is 7.27. The molecule has 0 bridgehead atoms. The zero-order valence-electron chi connectivity index (χ0n) is 6.22. The zero-order valence-corrected chi connectivity index (χ0v) is 6.22. The van der Waals surface area contributed by atoms with Crippen LogP contribution in [0.15, 0.2) is 29.9 Å². The molecule has 0 saturated carbocycles. The molecule has 0 atom stereocenters. The van der Waals surface area contributed by atoms with Gasteiger partial charge >= 0.3 is 0 Å². The number of nitrogens with zero attached hydrogens (tertiary/aromatic N) is 1. The van der Waals surface area contributed by atoms with Gasteiger partial charge in [-0.1, -0.05) is 26.2 Å². The standard InChI is InChI=1S/C8H12N2/c1-4-6-10-7(3)8(9)5-2/h4,6,9H,1,3,5H2,2H3. The molecule has 0 rings (SSSR count). The lowest BCUT2D eigenvalue weighted by atomic mass is 10.2. The van der Waals surface area contributed by atoms with Gasteiger partial charge in [0.1, 0.15) is 0 Å². The average molecular weight is 136 g/mol. The predicted molar refractivity (Wildman–Crippen MR) is 45.8 cm³/mol. The van der Waals surface area contributed by atoms with Crippen molar-refractivity contribution < 1.29 is 0 Å². The molecule has 0 aliphatic carbocycles. The molecule has 0 aliphatic heterocycles. The molecule has 0 aromatic carbocycles. The Morgan fingerprint density at radius 3 is 2.70 bits per heavy atom. The quantitative estimate of drug-likeness (QED) is 0.575. The number of hydrogen-bond acceptors (Lipinski definition) is 2. The normalized spacial score (nSPS) is 9.70. The van der Waals surface area contributed by atoms with Gasteiger partial charge in [0.2, 0.25) is 0 Å². The van der Waals surface area contributed by atoms with E-state index in [1.807, 2.05) is 6.92 Å².